The molecule has 0 aliphatic carbocycles. The van der Waals surface area contributed by atoms with Crippen molar-refractivity contribution >= 4 is 28.6 Å². The van der Waals surface area contributed by atoms with Crippen molar-refractivity contribution in [3.8, 4) is 5.75 Å². The summed E-state index contributed by atoms with van der Waals surface area (Å²) < 4.78 is 31.6. The van der Waals surface area contributed by atoms with Crippen LogP contribution in [0.3, 0.4) is 0 Å². The van der Waals surface area contributed by atoms with E-state index in [0.29, 0.717) is 42.7 Å². The lowest BCUT2D eigenvalue weighted by atomic mass is 9.73. The summed E-state index contributed by atoms with van der Waals surface area (Å²) in [5.74, 6) is -4.89. The second kappa shape index (κ2) is 17.7. The summed E-state index contributed by atoms with van der Waals surface area (Å²) in [6, 6.07) is 2.32. The average Bonchev–Trinajstić information content (AvgIpc) is 3.45. The minimum Gasteiger partial charge on any atom is -0.506 e. The molecular formula is C43H65N5O11. The maximum absolute atomic E-state index is 14.9. The number of rotatable bonds is 8. The lowest BCUT2D eigenvalue weighted by Crippen LogP contribution is -2.66. The number of ether oxygens (including phenoxy) is 5. The van der Waals surface area contributed by atoms with Gasteiger partial charge in [-0.2, -0.15) is 0 Å². The van der Waals surface area contributed by atoms with Crippen LogP contribution in [0.1, 0.15) is 80.2 Å². The number of cyclic esters (lactones) is 1. The van der Waals surface area contributed by atoms with E-state index in [4.69, 9.17) is 23.7 Å². The number of carbonyl (C=O) groups is 3. The molecule has 328 valence electrons. The standard InChI is InChI=1S/C43H65N5O11/c1-12-32-43(8)37(48(41(54)59-43)27-19-47(20-27)21-28-31(49)18-45-29-14-13-15-44-33(28)29)24(4)34(50)22(2)17-42(7,55-11)38(25(5)35(51)26(6)39(53)57-32)58-40-36(52)30(46(9)10)16-23(3)56-40/h13-15,18,22-27,30,32,36-38,40-41,49,52,54H,12,16-17,19-21H2,1-11H3/t22-,23-,24+,25+,26-,30+,32-,36-,37?,38-,40+,41?,42-,43-/m1/s1. The fourth-order valence-electron chi connectivity index (χ4n) is 10.2. The van der Waals surface area contributed by atoms with E-state index in [-0.39, 0.29) is 42.6 Å². The molecule has 2 aromatic rings. The van der Waals surface area contributed by atoms with Crippen molar-refractivity contribution in [1.29, 1.82) is 0 Å². The summed E-state index contributed by atoms with van der Waals surface area (Å²) in [7, 11) is 5.24. The third-order valence-corrected chi connectivity index (χ3v) is 13.7. The van der Waals surface area contributed by atoms with Gasteiger partial charge in [-0.05, 0) is 73.2 Å². The molecule has 6 rings (SSSR count). The molecule has 0 amide bonds. The number of hydrogen-bond donors (Lipinski definition) is 3. The lowest BCUT2D eigenvalue weighted by molar-refractivity contribution is -0.295. The zero-order chi connectivity index (χ0) is 43.3. The van der Waals surface area contributed by atoms with Gasteiger partial charge in [-0.15, -0.1) is 0 Å². The van der Waals surface area contributed by atoms with Crippen LogP contribution in [0.25, 0.3) is 11.0 Å². The Labute approximate surface area is 347 Å². The predicted octanol–water partition coefficient (Wildman–Crippen LogP) is 2.88. The van der Waals surface area contributed by atoms with Crippen LogP contribution < -0.4 is 0 Å². The number of fused-ring (bicyclic) bond motifs is 2. The monoisotopic (exact) mass is 827 g/mol. The van der Waals surface area contributed by atoms with Gasteiger partial charge >= 0.3 is 5.97 Å². The molecule has 6 heterocycles. The minimum atomic E-state index is -1.43. The topological polar surface area (TPSA) is 194 Å². The Morgan fingerprint density at radius 3 is 2.36 bits per heavy atom. The van der Waals surface area contributed by atoms with Crippen molar-refractivity contribution in [3.63, 3.8) is 0 Å². The number of pyridine rings is 2. The number of aliphatic hydroxyl groups excluding tert-OH is 2. The molecule has 0 saturated carbocycles. The molecule has 0 spiro atoms. The Morgan fingerprint density at radius 2 is 1.71 bits per heavy atom. The first-order valence-electron chi connectivity index (χ1n) is 21.0. The van der Waals surface area contributed by atoms with Gasteiger partial charge < -0.3 is 43.9 Å². The van der Waals surface area contributed by atoms with Crippen molar-refractivity contribution in [3.05, 3.63) is 30.1 Å². The molecule has 14 atom stereocenters. The first-order valence-corrected chi connectivity index (χ1v) is 21.0. The number of aliphatic hydroxyl groups is 2. The van der Waals surface area contributed by atoms with Gasteiger partial charge in [0.1, 0.15) is 35.3 Å². The molecule has 16 nitrogen and oxygen atoms in total. The highest BCUT2D eigenvalue weighted by Gasteiger charge is 2.62. The summed E-state index contributed by atoms with van der Waals surface area (Å²) in [6.45, 7) is 15.4. The van der Waals surface area contributed by atoms with Crippen molar-refractivity contribution in [2.45, 2.75) is 148 Å². The maximum atomic E-state index is 14.9. The van der Waals surface area contributed by atoms with Gasteiger partial charge in [0.05, 0.1) is 41.1 Å². The summed E-state index contributed by atoms with van der Waals surface area (Å²) in [5, 5.41) is 34.0. The largest absolute Gasteiger partial charge is 0.506 e. The summed E-state index contributed by atoms with van der Waals surface area (Å²) in [6.07, 6.45) is -1.82. The van der Waals surface area contributed by atoms with Gasteiger partial charge in [0.25, 0.3) is 0 Å². The Morgan fingerprint density at radius 1 is 1.02 bits per heavy atom. The van der Waals surface area contributed by atoms with Crippen LogP contribution in [-0.2, 0) is 44.6 Å². The normalized spacial score (nSPS) is 39.9. The third kappa shape index (κ3) is 8.54. The van der Waals surface area contributed by atoms with E-state index in [0.717, 1.165) is 0 Å². The second-order valence-corrected chi connectivity index (χ2v) is 18.0. The molecule has 59 heavy (non-hydrogen) atoms. The maximum Gasteiger partial charge on any atom is 0.316 e. The summed E-state index contributed by atoms with van der Waals surface area (Å²) in [4.78, 5) is 57.9. The molecule has 4 fully saturated rings. The molecule has 0 bridgehead atoms. The molecule has 0 radical (unpaired) electrons. The molecule has 3 N–H and O–H groups in total. The predicted molar refractivity (Wildman–Crippen MR) is 216 cm³/mol. The number of carbonyl (C=O) groups excluding carboxylic acids is 3. The lowest BCUT2D eigenvalue weighted by Gasteiger charge is -2.49. The van der Waals surface area contributed by atoms with E-state index in [1.54, 1.807) is 33.0 Å². The second-order valence-electron chi connectivity index (χ2n) is 18.0. The first-order chi connectivity index (χ1) is 27.8. The van der Waals surface area contributed by atoms with Crippen LogP contribution in [0.2, 0.25) is 0 Å². The van der Waals surface area contributed by atoms with Crippen LogP contribution in [0.5, 0.6) is 5.75 Å². The number of hydrogen-bond acceptors (Lipinski definition) is 16. The fraction of sp³-hybridized carbons (Fsp3) is 0.744. The summed E-state index contributed by atoms with van der Waals surface area (Å²) >= 11 is 0. The smallest absolute Gasteiger partial charge is 0.316 e. The highest BCUT2D eigenvalue weighted by Crippen LogP contribution is 2.46. The van der Waals surface area contributed by atoms with Crippen LogP contribution >= 0.6 is 0 Å². The number of likely N-dealkylation sites (tertiary alicyclic amines) is 1. The van der Waals surface area contributed by atoms with E-state index in [1.807, 2.05) is 57.7 Å². The molecule has 0 aromatic carbocycles. The zero-order valence-electron chi connectivity index (χ0n) is 36.4. The Bertz CT molecular complexity index is 1850. The molecule has 4 aliphatic heterocycles. The quantitative estimate of drug-likeness (QED) is 0.260. The van der Waals surface area contributed by atoms with Crippen LogP contribution in [0, 0.1) is 23.7 Å². The SMILES string of the molecule is CC[C@H]1OC(=O)[C@H](C)C(=O)[C@H](C)[C@@H](O[C@@H]2O[C@H](C)C[C@H](N(C)C)[C@H]2O)[C@](C)(OC)C[C@@H](C)C(=O)[C@H](C)C2N(C3CN(Cc4c(O)cnc5cccnc45)C3)C(O)O[C@@]21C. The molecule has 16 heteroatoms. The zero-order valence-corrected chi connectivity index (χ0v) is 36.4. The Kier molecular flexibility index (Phi) is 13.6. The number of Topliss-reactive ketones (excluding diaryl/α,β-unsaturated/α-hetero) is 2. The van der Waals surface area contributed by atoms with Gasteiger partial charge in [0, 0.05) is 68.3 Å². The van der Waals surface area contributed by atoms with Gasteiger partial charge in [-0.3, -0.25) is 29.3 Å². The number of nitrogens with zero attached hydrogens (tertiary/aromatic N) is 5. The molecule has 4 saturated heterocycles. The van der Waals surface area contributed by atoms with E-state index in [1.165, 1.54) is 20.2 Å². The number of aromatic hydroxyl groups is 1. The minimum absolute atomic E-state index is 0.0381. The Balaban J connectivity index is 1.32. The highest BCUT2D eigenvalue weighted by atomic mass is 16.7. The van der Waals surface area contributed by atoms with Gasteiger partial charge in [0.15, 0.2) is 12.1 Å². The van der Waals surface area contributed by atoms with Gasteiger partial charge in [-0.25, -0.2) is 4.90 Å². The molecular weight excluding hydrogens is 762 g/mol. The first kappa shape index (κ1) is 45.3. The molecule has 4 aliphatic rings. The van der Waals surface area contributed by atoms with Crippen molar-refractivity contribution < 1.29 is 53.4 Å². The molecule has 2 aromatic heterocycles. The number of ketones is 2. The van der Waals surface area contributed by atoms with E-state index in [2.05, 4.69) is 14.9 Å². The average molecular weight is 828 g/mol. The van der Waals surface area contributed by atoms with Crippen molar-refractivity contribution in [2.75, 3.05) is 34.3 Å². The van der Waals surface area contributed by atoms with Crippen molar-refractivity contribution in [2.24, 2.45) is 23.7 Å². The van der Waals surface area contributed by atoms with Gasteiger partial charge in [-0.1, -0.05) is 27.7 Å². The van der Waals surface area contributed by atoms with Crippen LogP contribution in [-0.4, -0.2) is 158 Å². The van der Waals surface area contributed by atoms with Gasteiger partial charge in [0.2, 0.25) is 6.41 Å². The van der Waals surface area contributed by atoms with E-state index in [9.17, 15) is 29.7 Å². The number of esters is 1. The molecule has 2 unspecified atom stereocenters. The van der Waals surface area contributed by atoms with E-state index < -0.39 is 83.7 Å². The van der Waals surface area contributed by atoms with E-state index >= 15 is 0 Å². The Hall–Kier alpha value is -3.19. The number of likely N-dealkylation sites (N-methyl/N-ethyl adjacent to an activating group) is 1. The third-order valence-electron chi connectivity index (χ3n) is 13.7. The van der Waals surface area contributed by atoms with Crippen LogP contribution in [0.4, 0.5) is 0 Å². The summed E-state index contributed by atoms with van der Waals surface area (Å²) in [5.41, 5.74) is -0.721. The van der Waals surface area contributed by atoms with Crippen LogP contribution in [0.15, 0.2) is 24.5 Å². The highest BCUT2D eigenvalue weighted by molar-refractivity contribution is 6.00. The van der Waals surface area contributed by atoms with Crippen molar-refractivity contribution in [1.82, 2.24) is 24.7 Å². The number of aromatic nitrogens is 2. The fourth-order valence-corrected chi connectivity index (χ4v) is 10.2. The number of methoxy groups -OCH3 is 1.